The molecule has 24 heavy (non-hydrogen) atoms. The summed E-state index contributed by atoms with van der Waals surface area (Å²) in [6.07, 6.45) is 7.39. The zero-order valence-corrected chi connectivity index (χ0v) is 13.3. The third kappa shape index (κ3) is 3.98. The summed E-state index contributed by atoms with van der Waals surface area (Å²) in [5.41, 5.74) is 3.11. The molecule has 0 radical (unpaired) electrons. The van der Waals surface area contributed by atoms with Crippen molar-refractivity contribution >= 4 is 0 Å². The smallest absolute Gasteiger partial charge is 0.331 e. The summed E-state index contributed by atoms with van der Waals surface area (Å²) in [5.74, 6) is 0.518. The molecule has 0 aliphatic heterocycles. The lowest BCUT2D eigenvalue weighted by atomic mass is 9.93. The van der Waals surface area contributed by atoms with Crippen molar-refractivity contribution in [3.8, 4) is 23.8 Å². The van der Waals surface area contributed by atoms with E-state index in [0.29, 0.717) is 18.6 Å². The van der Waals surface area contributed by atoms with Gasteiger partial charge in [-0.25, -0.2) is 0 Å². The first-order valence-corrected chi connectivity index (χ1v) is 7.37. The number of aromatic hydroxyl groups is 2. The SMILES string of the molecule is C=CCc1ccc(Oc2nc(O)nc(O)n2)c(CC=C)c1CC=C. The van der Waals surface area contributed by atoms with Crippen molar-refractivity contribution in [1.82, 2.24) is 15.0 Å². The maximum absolute atomic E-state index is 9.35. The van der Waals surface area contributed by atoms with Crippen LogP contribution in [0.1, 0.15) is 16.7 Å². The van der Waals surface area contributed by atoms with Crippen molar-refractivity contribution in [2.24, 2.45) is 0 Å². The first kappa shape index (κ1) is 17.2. The van der Waals surface area contributed by atoms with Crippen LogP contribution in [0.5, 0.6) is 23.8 Å². The van der Waals surface area contributed by atoms with Gasteiger partial charge < -0.3 is 14.9 Å². The van der Waals surface area contributed by atoms with Gasteiger partial charge in [-0.1, -0.05) is 24.3 Å². The molecule has 2 aromatic rings. The molecule has 0 saturated heterocycles. The Morgan fingerprint density at radius 2 is 1.42 bits per heavy atom. The molecule has 0 atom stereocenters. The lowest BCUT2D eigenvalue weighted by Crippen LogP contribution is -2.03. The Morgan fingerprint density at radius 1 is 0.833 bits per heavy atom. The van der Waals surface area contributed by atoms with Crippen molar-refractivity contribution in [2.75, 3.05) is 0 Å². The molecule has 1 heterocycles. The molecule has 6 heteroatoms. The summed E-state index contributed by atoms with van der Waals surface area (Å²) in [5, 5.41) is 18.7. The Balaban J connectivity index is 2.51. The van der Waals surface area contributed by atoms with Gasteiger partial charge in [-0.3, -0.25) is 0 Å². The van der Waals surface area contributed by atoms with Gasteiger partial charge in [-0.2, -0.15) is 0 Å². The second-order valence-corrected chi connectivity index (χ2v) is 4.98. The van der Waals surface area contributed by atoms with Gasteiger partial charge in [-0.15, -0.1) is 34.7 Å². The normalized spacial score (nSPS) is 10.2. The van der Waals surface area contributed by atoms with Gasteiger partial charge in [0.05, 0.1) is 0 Å². The summed E-state index contributed by atoms with van der Waals surface area (Å²) in [6, 6.07) is 2.31. The lowest BCUT2D eigenvalue weighted by molar-refractivity contribution is 0.349. The fourth-order valence-electron chi connectivity index (χ4n) is 2.41. The monoisotopic (exact) mass is 325 g/mol. The number of nitrogens with zero attached hydrogens (tertiary/aromatic N) is 3. The Kier molecular flexibility index (Phi) is 5.68. The summed E-state index contributed by atoms with van der Waals surface area (Å²) >= 11 is 0. The number of aromatic nitrogens is 3. The van der Waals surface area contributed by atoms with E-state index in [0.717, 1.165) is 23.1 Å². The van der Waals surface area contributed by atoms with E-state index in [-0.39, 0.29) is 6.01 Å². The van der Waals surface area contributed by atoms with Gasteiger partial charge in [0.25, 0.3) is 0 Å². The fourth-order valence-corrected chi connectivity index (χ4v) is 2.41. The highest BCUT2D eigenvalue weighted by molar-refractivity contribution is 5.48. The van der Waals surface area contributed by atoms with E-state index in [2.05, 4.69) is 34.7 Å². The second kappa shape index (κ2) is 7.92. The van der Waals surface area contributed by atoms with Gasteiger partial charge in [-0.05, 0) is 36.5 Å². The topological polar surface area (TPSA) is 88.4 Å². The van der Waals surface area contributed by atoms with E-state index in [4.69, 9.17) is 4.74 Å². The molecule has 124 valence electrons. The van der Waals surface area contributed by atoms with Crippen LogP contribution in [-0.2, 0) is 19.3 Å². The van der Waals surface area contributed by atoms with Crippen LogP contribution in [0.2, 0.25) is 0 Å². The molecule has 2 N–H and O–H groups in total. The lowest BCUT2D eigenvalue weighted by Gasteiger charge is -2.16. The molecule has 2 rings (SSSR count). The number of hydrogen-bond donors (Lipinski definition) is 2. The van der Waals surface area contributed by atoms with Crippen LogP contribution < -0.4 is 4.74 Å². The zero-order chi connectivity index (χ0) is 17.5. The summed E-state index contributed by atoms with van der Waals surface area (Å²) < 4.78 is 5.65. The molecule has 0 aliphatic carbocycles. The molecule has 0 spiro atoms. The number of benzene rings is 1. The maximum atomic E-state index is 9.35. The molecule has 0 saturated carbocycles. The fraction of sp³-hybridized carbons (Fsp3) is 0.167. The van der Waals surface area contributed by atoms with Crippen LogP contribution in [0.3, 0.4) is 0 Å². The third-order valence-electron chi connectivity index (χ3n) is 3.34. The Labute approximate surface area is 140 Å². The highest BCUT2D eigenvalue weighted by atomic mass is 16.5. The summed E-state index contributed by atoms with van der Waals surface area (Å²) in [6.45, 7) is 11.4. The Hall–Kier alpha value is -3.15. The minimum absolute atomic E-state index is 0.189. The molecule has 0 amide bonds. The van der Waals surface area contributed by atoms with Crippen LogP contribution in [0.4, 0.5) is 0 Å². The van der Waals surface area contributed by atoms with Crippen LogP contribution in [0, 0.1) is 0 Å². The predicted octanol–water partition coefficient (Wildman–Crippen LogP) is 3.26. The van der Waals surface area contributed by atoms with E-state index in [1.807, 2.05) is 18.2 Å². The van der Waals surface area contributed by atoms with Gasteiger partial charge >= 0.3 is 18.0 Å². The van der Waals surface area contributed by atoms with Crippen molar-refractivity contribution in [3.05, 3.63) is 66.8 Å². The van der Waals surface area contributed by atoms with E-state index in [1.165, 1.54) is 0 Å². The van der Waals surface area contributed by atoms with E-state index >= 15 is 0 Å². The highest BCUT2D eigenvalue weighted by Gasteiger charge is 2.15. The van der Waals surface area contributed by atoms with E-state index in [9.17, 15) is 10.2 Å². The summed E-state index contributed by atoms with van der Waals surface area (Å²) in [7, 11) is 0. The summed E-state index contributed by atoms with van der Waals surface area (Å²) in [4.78, 5) is 10.6. The van der Waals surface area contributed by atoms with Crippen LogP contribution >= 0.6 is 0 Å². The molecule has 0 aliphatic rings. The first-order chi connectivity index (χ1) is 11.6. The molecule has 0 fully saturated rings. The number of ether oxygens (including phenoxy) is 1. The van der Waals surface area contributed by atoms with Crippen LogP contribution in [0.15, 0.2) is 50.1 Å². The largest absolute Gasteiger partial charge is 0.479 e. The minimum Gasteiger partial charge on any atom is -0.479 e. The van der Waals surface area contributed by atoms with Crippen molar-refractivity contribution < 1.29 is 14.9 Å². The number of rotatable bonds is 8. The van der Waals surface area contributed by atoms with Crippen molar-refractivity contribution in [2.45, 2.75) is 19.3 Å². The highest BCUT2D eigenvalue weighted by Crippen LogP contribution is 2.31. The molecule has 1 aromatic carbocycles. The predicted molar refractivity (Wildman–Crippen MR) is 91.4 cm³/mol. The molecule has 6 nitrogen and oxygen atoms in total. The Morgan fingerprint density at radius 3 is 2.00 bits per heavy atom. The van der Waals surface area contributed by atoms with Crippen molar-refractivity contribution in [3.63, 3.8) is 0 Å². The first-order valence-electron chi connectivity index (χ1n) is 7.37. The van der Waals surface area contributed by atoms with Gasteiger partial charge in [0.2, 0.25) is 0 Å². The van der Waals surface area contributed by atoms with Gasteiger partial charge in [0.15, 0.2) is 0 Å². The Bertz CT molecular complexity index is 752. The molecule has 0 unspecified atom stereocenters. The molecule has 1 aromatic heterocycles. The maximum Gasteiger partial charge on any atom is 0.331 e. The van der Waals surface area contributed by atoms with Crippen LogP contribution in [-0.4, -0.2) is 25.2 Å². The zero-order valence-electron chi connectivity index (χ0n) is 13.3. The molecular formula is C18H19N3O3. The second-order valence-electron chi connectivity index (χ2n) is 4.98. The molecule has 0 bridgehead atoms. The minimum atomic E-state index is -0.614. The average Bonchev–Trinajstić information content (AvgIpc) is 2.52. The quantitative estimate of drug-likeness (QED) is 0.724. The van der Waals surface area contributed by atoms with Gasteiger partial charge in [0.1, 0.15) is 5.75 Å². The third-order valence-corrected chi connectivity index (χ3v) is 3.34. The molecular weight excluding hydrogens is 306 g/mol. The van der Waals surface area contributed by atoms with Crippen molar-refractivity contribution in [1.29, 1.82) is 0 Å². The number of hydrogen-bond acceptors (Lipinski definition) is 6. The number of allylic oxidation sites excluding steroid dienone is 3. The van der Waals surface area contributed by atoms with Crippen LogP contribution in [0.25, 0.3) is 0 Å². The standard InChI is InChI=1S/C18H19N3O3/c1-4-7-12-10-11-15(14(9-6-3)13(12)8-5-2)24-18-20-16(22)19-17(23)21-18/h4-6,10-11H,1-3,7-9H2,(H2,19,20,21,22,23). The van der Waals surface area contributed by atoms with E-state index in [1.54, 1.807) is 12.1 Å². The van der Waals surface area contributed by atoms with E-state index < -0.39 is 12.0 Å². The van der Waals surface area contributed by atoms with Gasteiger partial charge in [0, 0.05) is 5.56 Å². The average molecular weight is 325 g/mol.